The second kappa shape index (κ2) is 7.33. The summed E-state index contributed by atoms with van der Waals surface area (Å²) in [6.45, 7) is 0.528. The van der Waals surface area contributed by atoms with Crippen molar-refractivity contribution in [2.75, 3.05) is 12.3 Å². The first-order valence-corrected chi connectivity index (χ1v) is 6.96. The topological polar surface area (TPSA) is 72.6 Å². The molecule has 0 heterocycles. The molecule has 0 saturated heterocycles. The minimum atomic E-state index is -0.982. The molecule has 4 heteroatoms. The first kappa shape index (κ1) is 14.9. The molecule has 0 aliphatic carbocycles. The number of aryl methyl sites for hydroxylation is 1. The molecule has 0 saturated carbocycles. The quantitative estimate of drug-likeness (QED) is 0.604. The van der Waals surface area contributed by atoms with Gasteiger partial charge in [0.15, 0.2) is 0 Å². The van der Waals surface area contributed by atoms with Crippen LogP contribution in [0.25, 0.3) is 0 Å². The van der Waals surface area contributed by atoms with Crippen molar-refractivity contribution < 1.29 is 14.6 Å². The number of hydrogen-bond donors (Lipinski definition) is 2. The minimum Gasteiger partial charge on any atom is -0.491 e. The molecule has 0 unspecified atom stereocenters. The van der Waals surface area contributed by atoms with Crippen molar-refractivity contribution in [1.29, 1.82) is 0 Å². The second-order valence-corrected chi connectivity index (χ2v) is 4.85. The summed E-state index contributed by atoms with van der Waals surface area (Å²) < 4.78 is 5.58. The highest BCUT2D eigenvalue weighted by Crippen LogP contribution is 2.23. The molecule has 0 amide bonds. The Morgan fingerprint density at radius 2 is 1.86 bits per heavy atom. The highest BCUT2D eigenvalue weighted by molar-refractivity contribution is 5.89. The molecule has 0 radical (unpaired) electrons. The maximum atomic E-state index is 10.9. The third kappa shape index (κ3) is 4.53. The fourth-order valence-corrected chi connectivity index (χ4v) is 2.05. The molecule has 0 aromatic heterocycles. The third-order valence-corrected chi connectivity index (χ3v) is 3.22. The zero-order valence-electron chi connectivity index (χ0n) is 11.8. The summed E-state index contributed by atoms with van der Waals surface area (Å²) >= 11 is 0. The van der Waals surface area contributed by atoms with Gasteiger partial charge in [0.05, 0.1) is 17.9 Å². The average molecular weight is 285 g/mol. The summed E-state index contributed by atoms with van der Waals surface area (Å²) in [5.41, 5.74) is 7.73. The van der Waals surface area contributed by atoms with E-state index < -0.39 is 5.97 Å². The normalized spacial score (nSPS) is 10.3. The Kier molecular flexibility index (Phi) is 5.21. The molecular formula is C17H19NO3. The van der Waals surface area contributed by atoms with Crippen molar-refractivity contribution in [3.8, 4) is 5.75 Å². The first-order valence-electron chi connectivity index (χ1n) is 6.96. The summed E-state index contributed by atoms with van der Waals surface area (Å²) in [7, 11) is 0. The van der Waals surface area contributed by atoms with Crippen LogP contribution < -0.4 is 10.5 Å². The van der Waals surface area contributed by atoms with E-state index in [1.165, 1.54) is 17.7 Å². The lowest BCUT2D eigenvalue weighted by Gasteiger charge is -2.09. The molecule has 0 aliphatic heterocycles. The number of rotatable bonds is 7. The van der Waals surface area contributed by atoms with Gasteiger partial charge in [0.2, 0.25) is 0 Å². The molecule has 0 spiro atoms. The number of nitrogen functional groups attached to an aromatic ring is 1. The maximum absolute atomic E-state index is 10.9. The Morgan fingerprint density at radius 1 is 1.10 bits per heavy atom. The van der Waals surface area contributed by atoms with Crippen LogP contribution in [0.2, 0.25) is 0 Å². The highest BCUT2D eigenvalue weighted by atomic mass is 16.5. The highest BCUT2D eigenvalue weighted by Gasteiger charge is 2.07. The van der Waals surface area contributed by atoms with Crippen LogP contribution in [0.1, 0.15) is 28.8 Å². The van der Waals surface area contributed by atoms with Crippen molar-refractivity contribution in [2.45, 2.75) is 19.3 Å². The molecule has 4 nitrogen and oxygen atoms in total. The van der Waals surface area contributed by atoms with E-state index in [-0.39, 0.29) is 5.56 Å². The number of nitrogens with two attached hydrogens (primary N) is 1. The number of carboxylic acid groups (broad SMARTS) is 1. The molecule has 2 aromatic rings. The second-order valence-electron chi connectivity index (χ2n) is 4.85. The Morgan fingerprint density at radius 3 is 2.57 bits per heavy atom. The fraction of sp³-hybridized carbons (Fsp3) is 0.235. The molecule has 0 bridgehead atoms. The van der Waals surface area contributed by atoms with Crippen molar-refractivity contribution in [2.24, 2.45) is 0 Å². The molecule has 21 heavy (non-hydrogen) atoms. The number of hydrogen-bond acceptors (Lipinski definition) is 3. The number of benzene rings is 2. The Hall–Kier alpha value is -2.49. The van der Waals surface area contributed by atoms with Gasteiger partial charge in [0.25, 0.3) is 0 Å². The number of unbranched alkanes of at least 4 members (excludes halogenated alkanes) is 1. The van der Waals surface area contributed by atoms with Gasteiger partial charge in [-0.1, -0.05) is 30.3 Å². The third-order valence-electron chi connectivity index (χ3n) is 3.22. The summed E-state index contributed by atoms with van der Waals surface area (Å²) in [5.74, 6) is -0.543. The van der Waals surface area contributed by atoms with Gasteiger partial charge in [-0.05, 0) is 43.0 Å². The van der Waals surface area contributed by atoms with E-state index in [4.69, 9.17) is 15.6 Å². The van der Waals surface area contributed by atoms with Crippen LogP contribution in [0, 0.1) is 0 Å². The van der Waals surface area contributed by atoms with Gasteiger partial charge in [-0.25, -0.2) is 4.79 Å². The predicted octanol–water partition coefficient (Wildman–Crippen LogP) is 3.37. The molecule has 2 rings (SSSR count). The zero-order valence-corrected chi connectivity index (χ0v) is 11.8. The van der Waals surface area contributed by atoms with E-state index in [2.05, 4.69) is 12.1 Å². The van der Waals surface area contributed by atoms with Crippen molar-refractivity contribution in [3.05, 3.63) is 59.7 Å². The van der Waals surface area contributed by atoms with Crippen LogP contribution >= 0.6 is 0 Å². The standard InChI is InChI=1S/C17H19NO3/c18-15-10-9-14(17(19)20)12-16(15)21-11-5-4-8-13-6-2-1-3-7-13/h1-3,6-7,9-10,12H,4-5,8,11,18H2,(H,19,20). The molecule has 3 N–H and O–H groups in total. The molecule has 0 fully saturated rings. The predicted molar refractivity (Wildman–Crippen MR) is 82.7 cm³/mol. The maximum Gasteiger partial charge on any atom is 0.335 e. The summed E-state index contributed by atoms with van der Waals surface area (Å²) in [6, 6.07) is 14.8. The van der Waals surface area contributed by atoms with Crippen molar-refractivity contribution in [3.63, 3.8) is 0 Å². The van der Waals surface area contributed by atoms with Gasteiger partial charge in [-0.2, -0.15) is 0 Å². The first-order chi connectivity index (χ1) is 10.2. The Labute approximate surface area is 124 Å². The molecule has 2 aromatic carbocycles. The zero-order chi connectivity index (χ0) is 15.1. The Bertz CT molecular complexity index is 596. The van der Waals surface area contributed by atoms with Gasteiger partial charge in [-0.3, -0.25) is 0 Å². The van der Waals surface area contributed by atoms with Crippen LogP contribution in [-0.4, -0.2) is 17.7 Å². The van der Waals surface area contributed by atoms with Crippen molar-refractivity contribution >= 4 is 11.7 Å². The molecule has 110 valence electrons. The van der Waals surface area contributed by atoms with E-state index in [1.54, 1.807) is 6.07 Å². The van der Waals surface area contributed by atoms with E-state index in [1.807, 2.05) is 18.2 Å². The SMILES string of the molecule is Nc1ccc(C(=O)O)cc1OCCCCc1ccccc1. The number of ether oxygens (including phenoxy) is 1. The van der Waals surface area contributed by atoms with Crippen LogP contribution in [0.5, 0.6) is 5.75 Å². The monoisotopic (exact) mass is 285 g/mol. The van der Waals surface area contributed by atoms with Gasteiger partial charge >= 0.3 is 5.97 Å². The lowest BCUT2D eigenvalue weighted by molar-refractivity contribution is 0.0696. The molecule has 0 atom stereocenters. The largest absolute Gasteiger partial charge is 0.491 e. The number of carbonyl (C=O) groups is 1. The van der Waals surface area contributed by atoms with E-state index in [9.17, 15) is 4.79 Å². The van der Waals surface area contributed by atoms with Crippen LogP contribution in [0.15, 0.2) is 48.5 Å². The van der Waals surface area contributed by atoms with E-state index in [0.717, 1.165) is 19.3 Å². The van der Waals surface area contributed by atoms with Crippen LogP contribution in [0.4, 0.5) is 5.69 Å². The smallest absolute Gasteiger partial charge is 0.335 e. The lowest BCUT2D eigenvalue weighted by atomic mass is 10.1. The molecular weight excluding hydrogens is 266 g/mol. The van der Waals surface area contributed by atoms with Gasteiger partial charge in [0, 0.05) is 0 Å². The number of anilines is 1. The summed E-state index contributed by atoms with van der Waals surface area (Å²) in [6.07, 6.45) is 2.92. The van der Waals surface area contributed by atoms with Crippen molar-refractivity contribution in [1.82, 2.24) is 0 Å². The number of carboxylic acids is 1. The molecule has 0 aliphatic rings. The van der Waals surface area contributed by atoms with Crippen LogP contribution in [-0.2, 0) is 6.42 Å². The van der Waals surface area contributed by atoms with Gasteiger partial charge in [0.1, 0.15) is 5.75 Å². The van der Waals surface area contributed by atoms with Gasteiger partial charge < -0.3 is 15.6 Å². The van der Waals surface area contributed by atoms with Gasteiger partial charge in [-0.15, -0.1) is 0 Å². The average Bonchev–Trinajstić information content (AvgIpc) is 2.49. The summed E-state index contributed by atoms with van der Waals surface area (Å²) in [5, 5.41) is 8.94. The van der Waals surface area contributed by atoms with E-state index >= 15 is 0 Å². The fourth-order valence-electron chi connectivity index (χ4n) is 2.05. The number of aromatic carboxylic acids is 1. The Balaban J connectivity index is 1.78. The summed E-state index contributed by atoms with van der Waals surface area (Å²) in [4.78, 5) is 10.9. The lowest BCUT2D eigenvalue weighted by Crippen LogP contribution is -2.03. The van der Waals surface area contributed by atoms with E-state index in [0.29, 0.717) is 18.0 Å². The van der Waals surface area contributed by atoms with Crippen LogP contribution in [0.3, 0.4) is 0 Å². The minimum absolute atomic E-state index is 0.184.